The maximum atomic E-state index is 6.47. The van der Waals surface area contributed by atoms with Gasteiger partial charge in [0, 0.05) is 22.0 Å². The molecule has 4 aromatic rings. The molecule has 5 heteroatoms. The number of ether oxygens (including phenoxy) is 2. The van der Waals surface area contributed by atoms with E-state index in [0.29, 0.717) is 0 Å². The Morgan fingerprint density at radius 3 is 2.56 bits per heavy atom. The van der Waals surface area contributed by atoms with Gasteiger partial charge in [0.1, 0.15) is 11.5 Å². The molecule has 0 fully saturated rings. The van der Waals surface area contributed by atoms with Crippen LogP contribution in [0.1, 0.15) is 35.4 Å². The van der Waals surface area contributed by atoms with Gasteiger partial charge in [0.15, 0.2) is 0 Å². The molecule has 2 aliphatic heterocycles. The Morgan fingerprint density at radius 1 is 0.938 bits per heavy atom. The predicted octanol–water partition coefficient (Wildman–Crippen LogP) is 6.85. The Balaban J connectivity index is 1.44. The largest absolute Gasteiger partial charge is 0.497 e. The van der Waals surface area contributed by atoms with Crippen molar-refractivity contribution in [2.75, 3.05) is 7.11 Å². The molecule has 0 aromatic heterocycles. The number of hydrogen-bond donors (Lipinski definition) is 0. The van der Waals surface area contributed by atoms with Crippen LogP contribution in [0.3, 0.4) is 0 Å². The van der Waals surface area contributed by atoms with Crippen molar-refractivity contribution in [2.24, 2.45) is 5.10 Å². The van der Waals surface area contributed by atoms with E-state index in [1.165, 1.54) is 10.8 Å². The predicted molar refractivity (Wildman–Crippen MR) is 130 cm³/mol. The highest BCUT2D eigenvalue weighted by Crippen LogP contribution is 2.48. The molecule has 6 rings (SSSR count). The molecule has 158 valence electrons. The van der Waals surface area contributed by atoms with Crippen LogP contribution in [0.2, 0.25) is 0 Å². The third-order valence-electron chi connectivity index (χ3n) is 6.24. The lowest BCUT2D eigenvalue weighted by molar-refractivity contribution is -0.0191. The molecule has 0 unspecified atom stereocenters. The Hall–Kier alpha value is -3.31. The van der Waals surface area contributed by atoms with Crippen LogP contribution in [-0.2, 0) is 0 Å². The number of fused-ring (bicyclic) bond motifs is 4. The van der Waals surface area contributed by atoms with E-state index in [0.717, 1.165) is 44.8 Å². The van der Waals surface area contributed by atoms with Crippen molar-refractivity contribution in [3.8, 4) is 11.5 Å². The highest BCUT2D eigenvalue weighted by Gasteiger charge is 2.41. The monoisotopic (exact) mass is 484 g/mol. The van der Waals surface area contributed by atoms with Gasteiger partial charge in [-0.2, -0.15) is 5.10 Å². The van der Waals surface area contributed by atoms with Gasteiger partial charge in [-0.05, 0) is 64.9 Å². The van der Waals surface area contributed by atoms with Crippen molar-refractivity contribution in [1.29, 1.82) is 0 Å². The van der Waals surface area contributed by atoms with Crippen molar-refractivity contribution in [3.63, 3.8) is 0 Å². The van der Waals surface area contributed by atoms with Crippen LogP contribution in [-0.4, -0.2) is 17.8 Å². The van der Waals surface area contributed by atoms with Crippen LogP contribution in [0.5, 0.6) is 11.5 Å². The first-order chi connectivity index (χ1) is 15.7. The molecule has 0 amide bonds. The summed E-state index contributed by atoms with van der Waals surface area (Å²) in [5.74, 6) is 1.73. The molecule has 2 atom stereocenters. The SMILES string of the molecule is COc1ccc([C@@H]2Oc3ccc(Br)cc3[C@H]3CC(c4ccc5ccccc5c4)=NN32)cc1. The molecule has 0 saturated carbocycles. The Kier molecular flexibility index (Phi) is 4.65. The topological polar surface area (TPSA) is 34.1 Å². The van der Waals surface area contributed by atoms with Gasteiger partial charge in [0.05, 0.1) is 18.9 Å². The number of benzene rings is 4. The summed E-state index contributed by atoms with van der Waals surface area (Å²) in [5, 5.41) is 9.67. The van der Waals surface area contributed by atoms with Gasteiger partial charge in [0.2, 0.25) is 6.23 Å². The van der Waals surface area contributed by atoms with Crippen LogP contribution in [0.4, 0.5) is 0 Å². The van der Waals surface area contributed by atoms with E-state index in [9.17, 15) is 0 Å². The summed E-state index contributed by atoms with van der Waals surface area (Å²) in [5.41, 5.74) is 4.44. The first-order valence-corrected chi connectivity index (χ1v) is 11.4. The average molecular weight is 485 g/mol. The molecule has 2 aliphatic rings. The maximum absolute atomic E-state index is 6.47. The van der Waals surface area contributed by atoms with Gasteiger partial charge in [-0.3, -0.25) is 0 Å². The molecule has 0 spiro atoms. The lowest BCUT2D eigenvalue weighted by Gasteiger charge is -2.38. The first-order valence-electron chi connectivity index (χ1n) is 10.6. The van der Waals surface area contributed by atoms with Gasteiger partial charge in [0.25, 0.3) is 0 Å². The molecule has 4 aromatic carbocycles. The highest BCUT2D eigenvalue weighted by atomic mass is 79.9. The van der Waals surface area contributed by atoms with Crippen molar-refractivity contribution in [1.82, 2.24) is 5.01 Å². The fourth-order valence-corrected chi connectivity index (χ4v) is 4.97. The van der Waals surface area contributed by atoms with E-state index in [1.807, 2.05) is 36.4 Å². The van der Waals surface area contributed by atoms with Gasteiger partial charge >= 0.3 is 0 Å². The number of hydrogen-bond acceptors (Lipinski definition) is 4. The second-order valence-electron chi connectivity index (χ2n) is 8.13. The zero-order chi connectivity index (χ0) is 21.7. The summed E-state index contributed by atoms with van der Waals surface area (Å²) in [4.78, 5) is 0. The Morgan fingerprint density at radius 2 is 1.75 bits per heavy atom. The van der Waals surface area contributed by atoms with E-state index >= 15 is 0 Å². The second kappa shape index (κ2) is 7.68. The summed E-state index contributed by atoms with van der Waals surface area (Å²) in [6.07, 6.45) is 0.537. The fourth-order valence-electron chi connectivity index (χ4n) is 4.59. The van der Waals surface area contributed by atoms with Gasteiger partial charge in [-0.1, -0.05) is 52.3 Å². The Bertz CT molecular complexity index is 1350. The van der Waals surface area contributed by atoms with Gasteiger partial charge < -0.3 is 9.47 Å². The van der Waals surface area contributed by atoms with E-state index in [-0.39, 0.29) is 12.3 Å². The summed E-state index contributed by atoms with van der Waals surface area (Å²) in [6.45, 7) is 0. The van der Waals surface area contributed by atoms with Crippen LogP contribution in [0.15, 0.2) is 94.5 Å². The number of hydrazone groups is 1. The van der Waals surface area contributed by atoms with Gasteiger partial charge in [-0.15, -0.1) is 0 Å². The lowest BCUT2D eigenvalue weighted by Crippen LogP contribution is -2.33. The minimum atomic E-state index is -0.294. The second-order valence-corrected chi connectivity index (χ2v) is 9.05. The van der Waals surface area contributed by atoms with Crippen LogP contribution >= 0.6 is 15.9 Å². The molecule has 0 saturated heterocycles. The van der Waals surface area contributed by atoms with E-state index in [2.05, 4.69) is 69.5 Å². The van der Waals surface area contributed by atoms with Crippen molar-refractivity contribution in [3.05, 3.63) is 106 Å². The first kappa shape index (κ1) is 19.4. The average Bonchev–Trinajstić information content (AvgIpc) is 3.29. The molecular formula is C27H21BrN2O2. The fraction of sp³-hybridized carbons (Fsp3) is 0.148. The van der Waals surface area contributed by atoms with Crippen LogP contribution in [0.25, 0.3) is 10.8 Å². The summed E-state index contributed by atoms with van der Waals surface area (Å²) < 4.78 is 12.9. The molecular weight excluding hydrogens is 464 g/mol. The van der Waals surface area contributed by atoms with E-state index in [4.69, 9.17) is 14.6 Å². The maximum Gasteiger partial charge on any atom is 0.213 e. The summed E-state index contributed by atoms with van der Waals surface area (Å²) in [6, 6.07) is 29.4. The highest BCUT2D eigenvalue weighted by molar-refractivity contribution is 9.10. The standard InChI is InChI=1S/C27H21BrN2O2/c1-31-22-11-8-18(9-12-22)27-30-25(23-15-21(28)10-13-26(23)32-27)16-24(29-30)20-7-6-17-4-2-3-5-19(17)14-20/h2-15,25,27H,16H2,1H3/t25-,27+/m1/s1. The zero-order valence-electron chi connectivity index (χ0n) is 17.5. The van der Waals surface area contributed by atoms with E-state index in [1.54, 1.807) is 7.11 Å². The summed E-state index contributed by atoms with van der Waals surface area (Å²) in [7, 11) is 1.68. The lowest BCUT2D eigenvalue weighted by atomic mass is 9.95. The minimum absolute atomic E-state index is 0.116. The van der Waals surface area contributed by atoms with Crippen LogP contribution in [0, 0.1) is 0 Å². The Labute approximate surface area is 195 Å². The minimum Gasteiger partial charge on any atom is -0.497 e. The van der Waals surface area contributed by atoms with Crippen LogP contribution < -0.4 is 9.47 Å². The molecule has 4 nitrogen and oxygen atoms in total. The third-order valence-corrected chi connectivity index (χ3v) is 6.73. The molecule has 32 heavy (non-hydrogen) atoms. The summed E-state index contributed by atoms with van der Waals surface area (Å²) >= 11 is 3.63. The number of halogens is 1. The van der Waals surface area contributed by atoms with Crippen molar-refractivity contribution >= 4 is 32.4 Å². The zero-order valence-corrected chi connectivity index (χ0v) is 19.1. The third kappa shape index (κ3) is 3.24. The molecule has 0 aliphatic carbocycles. The number of nitrogens with zero attached hydrogens (tertiary/aromatic N) is 2. The van der Waals surface area contributed by atoms with E-state index < -0.39 is 0 Å². The molecule has 2 heterocycles. The smallest absolute Gasteiger partial charge is 0.213 e. The molecule has 0 bridgehead atoms. The molecule has 0 N–H and O–H groups in total. The van der Waals surface area contributed by atoms with Crippen molar-refractivity contribution in [2.45, 2.75) is 18.7 Å². The normalized spacial score (nSPS) is 19.2. The number of rotatable bonds is 3. The quantitative estimate of drug-likeness (QED) is 0.318. The van der Waals surface area contributed by atoms with Crippen molar-refractivity contribution < 1.29 is 9.47 Å². The van der Waals surface area contributed by atoms with Gasteiger partial charge in [-0.25, -0.2) is 5.01 Å². The molecule has 0 radical (unpaired) electrons. The number of methoxy groups -OCH3 is 1.